The van der Waals surface area contributed by atoms with E-state index >= 15 is 0 Å². The van der Waals surface area contributed by atoms with E-state index in [-0.39, 0.29) is 0 Å². The van der Waals surface area contributed by atoms with Crippen molar-refractivity contribution >= 4 is 5.69 Å². The average Bonchev–Trinajstić information content (AvgIpc) is 2.88. The molecule has 0 spiro atoms. The van der Waals surface area contributed by atoms with Gasteiger partial charge in [-0.1, -0.05) is 48.5 Å². The Balaban J connectivity index is 1.53. The third kappa shape index (κ3) is 3.36. The van der Waals surface area contributed by atoms with E-state index in [2.05, 4.69) is 70.9 Å². The number of rotatable bonds is 4. The molecule has 2 heteroatoms. The molecule has 1 aliphatic rings. The molecule has 0 radical (unpaired) electrons. The molecule has 1 unspecified atom stereocenters. The van der Waals surface area contributed by atoms with Crippen LogP contribution in [-0.4, -0.2) is 24.0 Å². The van der Waals surface area contributed by atoms with Gasteiger partial charge in [0.1, 0.15) is 0 Å². The van der Waals surface area contributed by atoms with Crippen LogP contribution in [-0.2, 0) is 6.54 Å². The topological polar surface area (TPSA) is 15.3 Å². The Hall–Kier alpha value is -1.80. The van der Waals surface area contributed by atoms with Crippen LogP contribution in [0.2, 0.25) is 0 Å². The predicted octanol–water partition coefficient (Wildman–Crippen LogP) is 3.37. The second-order valence-electron chi connectivity index (χ2n) is 5.22. The van der Waals surface area contributed by atoms with Crippen LogP contribution in [0.3, 0.4) is 0 Å². The van der Waals surface area contributed by atoms with E-state index in [1.54, 1.807) is 0 Å². The first-order valence-electron chi connectivity index (χ1n) is 6.98. The van der Waals surface area contributed by atoms with Gasteiger partial charge in [0.05, 0.1) is 0 Å². The Labute approximate surface area is 115 Å². The molecule has 1 saturated heterocycles. The van der Waals surface area contributed by atoms with E-state index in [0.29, 0.717) is 6.04 Å². The number of benzene rings is 2. The van der Waals surface area contributed by atoms with E-state index in [9.17, 15) is 0 Å². The molecule has 98 valence electrons. The highest BCUT2D eigenvalue weighted by atomic mass is 15.2. The number of nitrogens with one attached hydrogen (secondary N) is 1. The Morgan fingerprint density at radius 1 is 0.947 bits per heavy atom. The van der Waals surface area contributed by atoms with Crippen molar-refractivity contribution in [3.05, 3.63) is 66.2 Å². The van der Waals surface area contributed by atoms with Crippen molar-refractivity contribution < 1.29 is 0 Å². The quantitative estimate of drug-likeness (QED) is 0.897. The minimum Gasteiger partial charge on any atom is -0.381 e. The average molecular weight is 252 g/mol. The van der Waals surface area contributed by atoms with Gasteiger partial charge in [0, 0.05) is 31.4 Å². The van der Waals surface area contributed by atoms with Gasteiger partial charge in [0.2, 0.25) is 0 Å². The fraction of sp³-hybridized carbons (Fsp3) is 0.294. The molecule has 0 amide bonds. The molecular weight excluding hydrogens is 232 g/mol. The molecule has 0 aliphatic carbocycles. The van der Waals surface area contributed by atoms with Crippen LogP contribution in [0.15, 0.2) is 60.7 Å². The van der Waals surface area contributed by atoms with Gasteiger partial charge in [-0.15, -0.1) is 0 Å². The summed E-state index contributed by atoms with van der Waals surface area (Å²) < 4.78 is 0. The minimum atomic E-state index is 0.575. The number of hydrogen-bond donors (Lipinski definition) is 1. The molecule has 0 bridgehead atoms. The van der Waals surface area contributed by atoms with Gasteiger partial charge < -0.3 is 5.32 Å². The zero-order chi connectivity index (χ0) is 12.9. The number of nitrogens with zero attached hydrogens (tertiary/aromatic N) is 1. The molecule has 1 aliphatic heterocycles. The van der Waals surface area contributed by atoms with E-state index in [1.165, 1.54) is 24.2 Å². The molecule has 2 aromatic rings. The highest BCUT2D eigenvalue weighted by Crippen LogP contribution is 2.17. The maximum Gasteiger partial charge on any atom is 0.0400 e. The monoisotopic (exact) mass is 252 g/mol. The smallest absolute Gasteiger partial charge is 0.0400 e. The van der Waals surface area contributed by atoms with Crippen LogP contribution in [0.5, 0.6) is 0 Å². The lowest BCUT2D eigenvalue weighted by atomic mass is 10.2. The molecule has 19 heavy (non-hydrogen) atoms. The molecular formula is C17H20N2. The molecule has 1 fully saturated rings. The van der Waals surface area contributed by atoms with Crippen molar-refractivity contribution in [3.63, 3.8) is 0 Å². The lowest BCUT2D eigenvalue weighted by molar-refractivity contribution is 0.328. The van der Waals surface area contributed by atoms with Gasteiger partial charge in [-0.2, -0.15) is 0 Å². The highest BCUT2D eigenvalue weighted by molar-refractivity contribution is 5.43. The lowest BCUT2D eigenvalue weighted by Gasteiger charge is -2.17. The van der Waals surface area contributed by atoms with Crippen LogP contribution >= 0.6 is 0 Å². The van der Waals surface area contributed by atoms with Gasteiger partial charge in [0.15, 0.2) is 0 Å². The summed E-state index contributed by atoms with van der Waals surface area (Å²) in [5.74, 6) is 0. The maximum absolute atomic E-state index is 3.61. The summed E-state index contributed by atoms with van der Waals surface area (Å²) >= 11 is 0. The number of likely N-dealkylation sites (tertiary alicyclic amines) is 1. The summed E-state index contributed by atoms with van der Waals surface area (Å²) in [5.41, 5.74) is 2.64. The largest absolute Gasteiger partial charge is 0.381 e. The Bertz CT molecular complexity index is 448. The first-order chi connectivity index (χ1) is 9.40. The zero-order valence-corrected chi connectivity index (χ0v) is 11.1. The minimum absolute atomic E-state index is 0.575. The van der Waals surface area contributed by atoms with Crippen LogP contribution in [0, 0.1) is 0 Å². The first kappa shape index (κ1) is 12.2. The number of hydrogen-bond acceptors (Lipinski definition) is 2. The van der Waals surface area contributed by atoms with Gasteiger partial charge >= 0.3 is 0 Å². The van der Waals surface area contributed by atoms with E-state index in [4.69, 9.17) is 0 Å². The molecule has 1 N–H and O–H groups in total. The van der Waals surface area contributed by atoms with Crippen molar-refractivity contribution in [2.24, 2.45) is 0 Å². The van der Waals surface area contributed by atoms with Crippen molar-refractivity contribution in [1.29, 1.82) is 0 Å². The van der Waals surface area contributed by atoms with Crippen LogP contribution in [0.4, 0.5) is 5.69 Å². The normalized spacial score (nSPS) is 19.5. The molecule has 0 saturated carbocycles. The summed E-state index contributed by atoms with van der Waals surface area (Å²) in [6.07, 6.45) is 1.22. The van der Waals surface area contributed by atoms with Crippen LogP contribution < -0.4 is 5.32 Å². The summed E-state index contributed by atoms with van der Waals surface area (Å²) in [4.78, 5) is 2.52. The summed E-state index contributed by atoms with van der Waals surface area (Å²) in [5, 5.41) is 3.61. The fourth-order valence-corrected chi connectivity index (χ4v) is 2.71. The number of anilines is 1. The summed E-state index contributed by atoms with van der Waals surface area (Å²) in [7, 11) is 0. The van der Waals surface area contributed by atoms with Crippen LogP contribution in [0.25, 0.3) is 0 Å². The fourth-order valence-electron chi connectivity index (χ4n) is 2.71. The zero-order valence-electron chi connectivity index (χ0n) is 11.1. The van der Waals surface area contributed by atoms with Crippen molar-refractivity contribution in [2.75, 3.05) is 18.4 Å². The molecule has 2 aromatic carbocycles. The Morgan fingerprint density at radius 3 is 2.37 bits per heavy atom. The lowest BCUT2D eigenvalue weighted by Crippen LogP contribution is -2.25. The number of para-hydroxylation sites is 1. The molecule has 1 heterocycles. The van der Waals surface area contributed by atoms with Gasteiger partial charge in [0.25, 0.3) is 0 Å². The molecule has 1 atom stereocenters. The maximum atomic E-state index is 3.61. The first-order valence-corrected chi connectivity index (χ1v) is 6.98. The Morgan fingerprint density at radius 2 is 1.63 bits per heavy atom. The van der Waals surface area contributed by atoms with Gasteiger partial charge in [-0.25, -0.2) is 0 Å². The third-order valence-electron chi connectivity index (χ3n) is 3.67. The van der Waals surface area contributed by atoms with E-state index in [1.807, 2.05) is 0 Å². The van der Waals surface area contributed by atoms with Gasteiger partial charge in [-0.3, -0.25) is 4.90 Å². The highest BCUT2D eigenvalue weighted by Gasteiger charge is 2.21. The van der Waals surface area contributed by atoms with Gasteiger partial charge in [-0.05, 0) is 24.1 Å². The van der Waals surface area contributed by atoms with Crippen molar-refractivity contribution in [2.45, 2.75) is 19.0 Å². The van der Waals surface area contributed by atoms with E-state index in [0.717, 1.165) is 13.1 Å². The molecule has 0 aromatic heterocycles. The summed E-state index contributed by atoms with van der Waals surface area (Å²) in [6, 6.07) is 21.8. The third-order valence-corrected chi connectivity index (χ3v) is 3.67. The standard InChI is InChI=1S/C17H20N2/c1-3-7-15(8-4-1)13-19-12-11-17(14-19)18-16-9-5-2-6-10-16/h1-10,17-18H,11-14H2. The second-order valence-corrected chi connectivity index (χ2v) is 5.22. The predicted molar refractivity (Wildman–Crippen MR) is 80.2 cm³/mol. The Kier molecular flexibility index (Phi) is 3.80. The van der Waals surface area contributed by atoms with E-state index < -0.39 is 0 Å². The summed E-state index contributed by atoms with van der Waals surface area (Å²) in [6.45, 7) is 3.37. The second kappa shape index (κ2) is 5.89. The molecule has 3 rings (SSSR count). The van der Waals surface area contributed by atoms with Crippen molar-refractivity contribution in [3.8, 4) is 0 Å². The molecule has 2 nitrogen and oxygen atoms in total. The SMILES string of the molecule is c1ccc(CN2CCC(Nc3ccccc3)C2)cc1. The van der Waals surface area contributed by atoms with Crippen molar-refractivity contribution in [1.82, 2.24) is 4.90 Å². The van der Waals surface area contributed by atoms with Crippen LogP contribution in [0.1, 0.15) is 12.0 Å².